The van der Waals surface area contributed by atoms with Crippen molar-refractivity contribution in [2.24, 2.45) is 0 Å². The highest BCUT2D eigenvalue weighted by Gasteiger charge is 2.32. The molecule has 1 aliphatic rings. The molecule has 6 heteroatoms. The fourth-order valence-electron chi connectivity index (χ4n) is 2.58. The first-order valence-corrected chi connectivity index (χ1v) is 8.13. The summed E-state index contributed by atoms with van der Waals surface area (Å²) in [7, 11) is 0. The van der Waals surface area contributed by atoms with Crippen molar-refractivity contribution in [3.63, 3.8) is 0 Å². The number of rotatable bonds is 3. The summed E-state index contributed by atoms with van der Waals surface area (Å²) in [6.45, 7) is 10.7. The van der Waals surface area contributed by atoms with Crippen LogP contribution in [0.15, 0.2) is 12.4 Å². The van der Waals surface area contributed by atoms with Crippen molar-refractivity contribution >= 4 is 6.09 Å². The Bertz CT molecular complexity index is 525. The summed E-state index contributed by atoms with van der Waals surface area (Å²) >= 11 is 0. The SMILES string of the molecule is Cc1ncc(CO[C@H]2CCN(C(=O)OC(C)(C)C)[C@@H](C)C2)cn1. The number of carbonyl (C=O) groups is 1. The van der Waals surface area contributed by atoms with Crippen molar-refractivity contribution in [1.82, 2.24) is 14.9 Å². The average Bonchev–Trinajstić information content (AvgIpc) is 2.45. The van der Waals surface area contributed by atoms with Gasteiger partial charge in [0.1, 0.15) is 11.4 Å². The summed E-state index contributed by atoms with van der Waals surface area (Å²) in [5.41, 5.74) is 0.508. The Hall–Kier alpha value is -1.69. The molecule has 23 heavy (non-hydrogen) atoms. The van der Waals surface area contributed by atoms with Crippen LogP contribution in [0, 0.1) is 6.92 Å². The third-order valence-electron chi connectivity index (χ3n) is 3.78. The van der Waals surface area contributed by atoms with E-state index < -0.39 is 5.60 Å². The van der Waals surface area contributed by atoms with Gasteiger partial charge in [-0.05, 0) is 47.5 Å². The number of nitrogens with zero attached hydrogens (tertiary/aromatic N) is 3. The van der Waals surface area contributed by atoms with E-state index in [0.717, 1.165) is 24.2 Å². The molecule has 0 radical (unpaired) electrons. The van der Waals surface area contributed by atoms with Gasteiger partial charge in [-0.25, -0.2) is 14.8 Å². The number of aromatic nitrogens is 2. The molecule has 2 heterocycles. The summed E-state index contributed by atoms with van der Waals surface area (Å²) in [4.78, 5) is 22.3. The second-order valence-electron chi connectivity index (χ2n) is 7.12. The van der Waals surface area contributed by atoms with E-state index in [4.69, 9.17) is 9.47 Å². The van der Waals surface area contributed by atoms with Crippen LogP contribution in [0.2, 0.25) is 0 Å². The molecule has 0 unspecified atom stereocenters. The van der Waals surface area contributed by atoms with Crippen LogP contribution in [0.1, 0.15) is 51.9 Å². The first-order valence-electron chi connectivity index (χ1n) is 8.13. The maximum atomic E-state index is 12.2. The van der Waals surface area contributed by atoms with Crippen LogP contribution in [0.4, 0.5) is 4.79 Å². The minimum atomic E-state index is -0.463. The van der Waals surface area contributed by atoms with Crippen LogP contribution in [0.3, 0.4) is 0 Å². The third-order valence-corrected chi connectivity index (χ3v) is 3.78. The van der Waals surface area contributed by atoms with Gasteiger partial charge in [0.15, 0.2) is 0 Å². The second-order valence-corrected chi connectivity index (χ2v) is 7.12. The Morgan fingerprint density at radius 3 is 2.57 bits per heavy atom. The van der Waals surface area contributed by atoms with Crippen molar-refractivity contribution in [1.29, 1.82) is 0 Å². The largest absolute Gasteiger partial charge is 0.444 e. The van der Waals surface area contributed by atoms with Gasteiger partial charge < -0.3 is 14.4 Å². The fraction of sp³-hybridized carbons (Fsp3) is 0.706. The number of amides is 1. The lowest BCUT2D eigenvalue weighted by molar-refractivity contribution is -0.0331. The lowest BCUT2D eigenvalue weighted by Gasteiger charge is -2.38. The first-order chi connectivity index (χ1) is 10.7. The number of piperidine rings is 1. The van der Waals surface area contributed by atoms with Gasteiger partial charge in [0, 0.05) is 30.5 Å². The van der Waals surface area contributed by atoms with Crippen LogP contribution in [-0.2, 0) is 16.1 Å². The Morgan fingerprint density at radius 1 is 1.35 bits per heavy atom. The lowest BCUT2D eigenvalue weighted by Crippen LogP contribution is -2.48. The molecule has 1 aliphatic heterocycles. The Balaban J connectivity index is 1.81. The van der Waals surface area contributed by atoms with Gasteiger partial charge >= 0.3 is 6.09 Å². The fourth-order valence-corrected chi connectivity index (χ4v) is 2.58. The molecular weight excluding hydrogens is 294 g/mol. The second kappa shape index (κ2) is 7.25. The van der Waals surface area contributed by atoms with E-state index >= 15 is 0 Å². The molecule has 1 saturated heterocycles. The van der Waals surface area contributed by atoms with Gasteiger partial charge in [-0.1, -0.05) is 0 Å². The average molecular weight is 321 g/mol. The summed E-state index contributed by atoms with van der Waals surface area (Å²) in [6, 6.07) is 0.109. The van der Waals surface area contributed by atoms with Crippen LogP contribution in [0.25, 0.3) is 0 Å². The highest BCUT2D eigenvalue weighted by Crippen LogP contribution is 2.23. The molecule has 0 saturated carbocycles. The minimum Gasteiger partial charge on any atom is -0.444 e. The molecule has 0 aromatic carbocycles. The summed E-state index contributed by atoms with van der Waals surface area (Å²) < 4.78 is 11.4. The lowest BCUT2D eigenvalue weighted by atomic mass is 10.0. The molecule has 0 bridgehead atoms. The van der Waals surface area contributed by atoms with E-state index in [0.29, 0.717) is 13.2 Å². The highest BCUT2D eigenvalue weighted by molar-refractivity contribution is 5.68. The highest BCUT2D eigenvalue weighted by atomic mass is 16.6. The normalized spacial score (nSPS) is 22.0. The molecule has 1 aromatic heterocycles. The molecule has 0 spiro atoms. The van der Waals surface area contributed by atoms with E-state index in [1.807, 2.05) is 34.6 Å². The minimum absolute atomic E-state index is 0.109. The van der Waals surface area contributed by atoms with E-state index in [1.165, 1.54) is 0 Å². The molecule has 6 nitrogen and oxygen atoms in total. The van der Waals surface area contributed by atoms with Crippen LogP contribution in [0.5, 0.6) is 0 Å². The number of ether oxygens (including phenoxy) is 2. The zero-order chi connectivity index (χ0) is 17.0. The van der Waals surface area contributed by atoms with Crippen molar-refractivity contribution in [3.8, 4) is 0 Å². The van der Waals surface area contributed by atoms with Gasteiger partial charge in [0.25, 0.3) is 0 Å². The van der Waals surface area contributed by atoms with Gasteiger partial charge in [-0.3, -0.25) is 0 Å². The maximum absolute atomic E-state index is 12.2. The van der Waals surface area contributed by atoms with Crippen molar-refractivity contribution in [2.75, 3.05) is 6.54 Å². The predicted molar refractivity (Wildman–Crippen MR) is 87.0 cm³/mol. The van der Waals surface area contributed by atoms with Crippen LogP contribution in [-0.4, -0.2) is 45.3 Å². The van der Waals surface area contributed by atoms with Crippen LogP contribution < -0.4 is 0 Å². The molecule has 0 aliphatic carbocycles. The van der Waals surface area contributed by atoms with Crippen LogP contribution >= 0.6 is 0 Å². The molecule has 1 fully saturated rings. The Morgan fingerprint density at radius 2 is 2.00 bits per heavy atom. The summed E-state index contributed by atoms with van der Waals surface area (Å²) in [6.07, 6.45) is 5.12. The number of carbonyl (C=O) groups excluding carboxylic acids is 1. The quantitative estimate of drug-likeness (QED) is 0.856. The van der Waals surface area contributed by atoms with E-state index in [1.54, 1.807) is 17.3 Å². The first kappa shape index (κ1) is 17.7. The summed E-state index contributed by atoms with van der Waals surface area (Å²) in [5.74, 6) is 0.757. The van der Waals surface area contributed by atoms with Crippen molar-refractivity contribution in [2.45, 2.75) is 71.8 Å². The van der Waals surface area contributed by atoms with E-state index in [2.05, 4.69) is 9.97 Å². The topological polar surface area (TPSA) is 64.5 Å². The van der Waals surface area contributed by atoms with Gasteiger partial charge in [-0.2, -0.15) is 0 Å². The summed E-state index contributed by atoms with van der Waals surface area (Å²) in [5, 5.41) is 0. The number of likely N-dealkylation sites (tertiary alicyclic amines) is 1. The molecule has 2 atom stereocenters. The maximum Gasteiger partial charge on any atom is 0.410 e. The number of aryl methyl sites for hydroxylation is 1. The Labute approximate surface area is 138 Å². The Kier molecular flexibility index (Phi) is 5.57. The van der Waals surface area contributed by atoms with Gasteiger partial charge in [0.05, 0.1) is 12.7 Å². The van der Waals surface area contributed by atoms with Crippen molar-refractivity contribution < 1.29 is 14.3 Å². The monoisotopic (exact) mass is 321 g/mol. The van der Waals surface area contributed by atoms with Gasteiger partial charge in [0.2, 0.25) is 0 Å². The molecule has 1 amide bonds. The molecule has 1 aromatic rings. The molecular formula is C17H27N3O3. The smallest absolute Gasteiger partial charge is 0.410 e. The molecule has 128 valence electrons. The van der Waals surface area contributed by atoms with Gasteiger partial charge in [-0.15, -0.1) is 0 Å². The number of hydrogen-bond acceptors (Lipinski definition) is 5. The van der Waals surface area contributed by atoms with Crippen molar-refractivity contribution in [3.05, 3.63) is 23.8 Å². The number of hydrogen-bond donors (Lipinski definition) is 0. The van der Waals surface area contributed by atoms with E-state index in [-0.39, 0.29) is 18.2 Å². The molecule has 2 rings (SSSR count). The third kappa shape index (κ3) is 5.46. The zero-order valence-corrected chi connectivity index (χ0v) is 14.7. The predicted octanol–water partition coefficient (Wildman–Crippen LogP) is 3.09. The standard InChI is InChI=1S/C17H27N3O3/c1-12-8-15(22-11-14-9-18-13(2)19-10-14)6-7-20(12)16(21)23-17(3,4)5/h9-10,12,15H,6-8,11H2,1-5H3/t12-,15-/m0/s1. The molecule has 0 N–H and O–H groups in total. The van der Waals surface area contributed by atoms with E-state index in [9.17, 15) is 4.79 Å². The zero-order valence-electron chi connectivity index (χ0n) is 14.7.